The summed E-state index contributed by atoms with van der Waals surface area (Å²) in [7, 11) is 0. The van der Waals surface area contributed by atoms with E-state index in [4.69, 9.17) is 4.74 Å². The Balaban J connectivity index is 1.73. The number of hydrogen-bond donors (Lipinski definition) is 1. The number of benzene rings is 2. The van der Waals surface area contributed by atoms with Gasteiger partial charge in [-0.05, 0) is 28.5 Å². The Labute approximate surface area is 122 Å². The molecule has 2 nitrogen and oxygen atoms in total. The number of nitrogens with one attached hydrogen (secondary N) is 1. The average Bonchev–Trinajstić information content (AvgIpc) is 2.97. The molecular formula is C17H15NOS. The number of thiophene rings is 1. The fraction of sp³-hybridized carbons (Fsp3) is 0.176. The maximum Gasteiger partial charge on any atom is 0.146 e. The van der Waals surface area contributed by atoms with Crippen LogP contribution in [0.1, 0.15) is 16.5 Å². The summed E-state index contributed by atoms with van der Waals surface area (Å²) in [5, 5.41) is 7.98. The van der Waals surface area contributed by atoms with Crippen molar-refractivity contribution in [3.63, 3.8) is 0 Å². The van der Waals surface area contributed by atoms with E-state index in [9.17, 15) is 0 Å². The number of hydrogen-bond acceptors (Lipinski definition) is 3. The first-order chi connectivity index (χ1) is 9.92. The van der Waals surface area contributed by atoms with E-state index in [1.165, 1.54) is 21.2 Å². The van der Waals surface area contributed by atoms with E-state index in [2.05, 4.69) is 59.2 Å². The highest BCUT2D eigenvalue weighted by Gasteiger charge is 2.23. The summed E-state index contributed by atoms with van der Waals surface area (Å²) in [5.74, 6) is 0.969. The van der Waals surface area contributed by atoms with Gasteiger partial charge in [0, 0.05) is 18.5 Å². The predicted octanol–water partition coefficient (Wildman–Crippen LogP) is 4.12. The van der Waals surface area contributed by atoms with Gasteiger partial charge >= 0.3 is 0 Å². The third-order valence-corrected chi connectivity index (χ3v) is 4.79. The van der Waals surface area contributed by atoms with Crippen LogP contribution in [0.15, 0.2) is 53.9 Å². The number of fused-ring (bicyclic) bond motifs is 2. The van der Waals surface area contributed by atoms with E-state index in [1.54, 1.807) is 11.3 Å². The lowest BCUT2D eigenvalue weighted by Crippen LogP contribution is -2.29. The molecule has 1 atom stereocenters. The first-order valence-electron chi connectivity index (χ1n) is 6.83. The molecule has 1 N–H and O–H groups in total. The van der Waals surface area contributed by atoms with Crippen molar-refractivity contribution in [2.45, 2.75) is 12.6 Å². The van der Waals surface area contributed by atoms with Gasteiger partial charge in [0.1, 0.15) is 11.9 Å². The summed E-state index contributed by atoms with van der Waals surface area (Å²) in [6.45, 7) is 1.82. The van der Waals surface area contributed by atoms with Crippen LogP contribution in [0.4, 0.5) is 0 Å². The van der Waals surface area contributed by atoms with Crippen molar-refractivity contribution in [1.82, 2.24) is 5.32 Å². The van der Waals surface area contributed by atoms with Crippen LogP contribution >= 0.6 is 11.3 Å². The maximum absolute atomic E-state index is 6.30. The Morgan fingerprint density at radius 2 is 1.95 bits per heavy atom. The van der Waals surface area contributed by atoms with E-state index < -0.39 is 0 Å². The minimum absolute atomic E-state index is 0.115. The Morgan fingerprint density at radius 1 is 1.05 bits per heavy atom. The zero-order chi connectivity index (χ0) is 13.4. The van der Waals surface area contributed by atoms with Gasteiger partial charge in [-0.1, -0.05) is 36.4 Å². The molecule has 20 heavy (non-hydrogen) atoms. The largest absolute Gasteiger partial charge is 0.483 e. The summed E-state index contributed by atoms with van der Waals surface area (Å²) in [5.41, 5.74) is 1.37. The molecular weight excluding hydrogens is 266 g/mol. The Hall–Kier alpha value is -1.84. The van der Waals surface area contributed by atoms with Gasteiger partial charge < -0.3 is 10.1 Å². The molecule has 0 fully saturated rings. The van der Waals surface area contributed by atoms with Gasteiger partial charge in [-0.15, -0.1) is 11.3 Å². The maximum atomic E-state index is 6.30. The summed E-state index contributed by atoms with van der Waals surface area (Å²) in [6.07, 6.45) is 0.115. The van der Waals surface area contributed by atoms with Crippen LogP contribution in [0.2, 0.25) is 0 Å². The van der Waals surface area contributed by atoms with Crippen molar-refractivity contribution in [2.24, 2.45) is 0 Å². The summed E-state index contributed by atoms with van der Waals surface area (Å²) in [6, 6.07) is 16.8. The minimum Gasteiger partial charge on any atom is -0.483 e. The highest BCUT2D eigenvalue weighted by atomic mass is 32.1. The first kappa shape index (κ1) is 11.9. The third kappa shape index (κ3) is 1.99. The molecule has 3 heteroatoms. The zero-order valence-electron chi connectivity index (χ0n) is 11.0. The smallest absolute Gasteiger partial charge is 0.146 e. The van der Waals surface area contributed by atoms with Crippen LogP contribution < -0.4 is 10.1 Å². The minimum atomic E-state index is 0.115. The summed E-state index contributed by atoms with van der Waals surface area (Å²) in [4.78, 5) is 1.36. The molecule has 1 aliphatic heterocycles. The van der Waals surface area contributed by atoms with Gasteiger partial charge in [-0.2, -0.15) is 0 Å². The predicted molar refractivity (Wildman–Crippen MR) is 83.3 cm³/mol. The molecule has 1 aromatic heterocycles. The molecule has 0 aliphatic carbocycles. The second kappa shape index (κ2) is 4.93. The Bertz CT molecular complexity index is 744. The molecule has 0 bridgehead atoms. The van der Waals surface area contributed by atoms with Gasteiger partial charge in [0.25, 0.3) is 0 Å². The van der Waals surface area contributed by atoms with Gasteiger partial charge in [0.15, 0.2) is 0 Å². The monoisotopic (exact) mass is 281 g/mol. The summed E-state index contributed by atoms with van der Waals surface area (Å²) < 4.78 is 6.30. The standard InChI is InChI=1S/C17H15NOS/c1-2-6-14-12(4-1)5-3-7-15(14)19-16-11-18-10-13-8-9-20-17(13)16/h1-9,16,18H,10-11H2. The van der Waals surface area contributed by atoms with Crippen molar-refractivity contribution in [3.8, 4) is 5.75 Å². The lowest BCUT2D eigenvalue weighted by molar-refractivity contribution is 0.198. The summed E-state index contributed by atoms with van der Waals surface area (Å²) >= 11 is 1.79. The Morgan fingerprint density at radius 3 is 2.95 bits per heavy atom. The second-order valence-corrected chi connectivity index (χ2v) is 5.97. The molecule has 0 spiro atoms. The fourth-order valence-electron chi connectivity index (χ4n) is 2.75. The van der Waals surface area contributed by atoms with E-state index in [1.807, 2.05) is 0 Å². The van der Waals surface area contributed by atoms with E-state index in [0.717, 1.165) is 18.8 Å². The normalized spacial score (nSPS) is 17.9. The lowest BCUT2D eigenvalue weighted by atomic mass is 10.1. The van der Waals surface area contributed by atoms with Crippen molar-refractivity contribution in [1.29, 1.82) is 0 Å². The lowest BCUT2D eigenvalue weighted by Gasteiger charge is -2.25. The van der Waals surface area contributed by atoms with E-state index in [0.29, 0.717) is 0 Å². The van der Waals surface area contributed by atoms with Gasteiger partial charge in [-0.25, -0.2) is 0 Å². The van der Waals surface area contributed by atoms with Crippen LogP contribution in [0.3, 0.4) is 0 Å². The number of rotatable bonds is 2. The second-order valence-electron chi connectivity index (χ2n) is 5.02. The van der Waals surface area contributed by atoms with Crippen molar-refractivity contribution in [2.75, 3.05) is 6.54 Å². The molecule has 1 aliphatic rings. The molecule has 4 rings (SSSR count). The third-order valence-electron chi connectivity index (χ3n) is 3.74. The molecule has 0 saturated heterocycles. The van der Waals surface area contributed by atoms with E-state index in [-0.39, 0.29) is 6.10 Å². The molecule has 3 aromatic rings. The molecule has 0 radical (unpaired) electrons. The first-order valence-corrected chi connectivity index (χ1v) is 7.71. The molecule has 2 heterocycles. The number of ether oxygens (including phenoxy) is 1. The van der Waals surface area contributed by atoms with Gasteiger partial charge in [-0.3, -0.25) is 0 Å². The quantitative estimate of drug-likeness (QED) is 0.762. The van der Waals surface area contributed by atoms with Crippen molar-refractivity contribution < 1.29 is 4.74 Å². The van der Waals surface area contributed by atoms with Gasteiger partial charge in [0.2, 0.25) is 0 Å². The molecule has 0 saturated carbocycles. The van der Waals surface area contributed by atoms with Gasteiger partial charge in [0.05, 0.1) is 4.88 Å². The SMILES string of the molecule is c1ccc2c(OC3CNCc4ccsc43)cccc2c1. The molecule has 100 valence electrons. The fourth-order valence-corrected chi connectivity index (χ4v) is 3.71. The van der Waals surface area contributed by atoms with Crippen LogP contribution in [0.25, 0.3) is 10.8 Å². The van der Waals surface area contributed by atoms with Crippen LogP contribution in [0, 0.1) is 0 Å². The van der Waals surface area contributed by atoms with Crippen LogP contribution in [-0.2, 0) is 6.54 Å². The van der Waals surface area contributed by atoms with E-state index >= 15 is 0 Å². The molecule has 2 aromatic carbocycles. The van der Waals surface area contributed by atoms with Crippen molar-refractivity contribution in [3.05, 3.63) is 64.4 Å². The van der Waals surface area contributed by atoms with Crippen LogP contribution in [0.5, 0.6) is 5.75 Å². The molecule has 0 amide bonds. The van der Waals surface area contributed by atoms with Crippen LogP contribution in [-0.4, -0.2) is 6.54 Å². The highest BCUT2D eigenvalue weighted by Crippen LogP contribution is 2.34. The highest BCUT2D eigenvalue weighted by molar-refractivity contribution is 7.10. The zero-order valence-corrected chi connectivity index (χ0v) is 11.8. The average molecular weight is 281 g/mol. The molecule has 1 unspecified atom stereocenters. The topological polar surface area (TPSA) is 21.3 Å². The van der Waals surface area contributed by atoms with Crippen molar-refractivity contribution >= 4 is 22.1 Å². The Kier molecular flexibility index (Phi) is 2.94.